The molecule has 162 valence electrons. The largest absolute Gasteiger partial charge is 0.451 e. The van der Waals surface area contributed by atoms with Crippen LogP contribution in [0.3, 0.4) is 0 Å². The highest BCUT2D eigenvalue weighted by molar-refractivity contribution is 7.99. The van der Waals surface area contributed by atoms with E-state index in [1.54, 1.807) is 29.2 Å². The van der Waals surface area contributed by atoms with Crippen LogP contribution in [0.4, 0.5) is 5.69 Å². The van der Waals surface area contributed by atoms with Gasteiger partial charge in [0.25, 0.3) is 5.91 Å². The van der Waals surface area contributed by atoms with E-state index in [1.807, 2.05) is 36.0 Å². The Bertz CT molecular complexity index is 1230. The lowest BCUT2D eigenvalue weighted by Gasteiger charge is -2.28. The highest BCUT2D eigenvalue weighted by Crippen LogP contribution is 2.37. The average molecular weight is 456 g/mol. The normalized spacial score (nSPS) is 18.8. The molecule has 0 spiro atoms. The number of nitrogens with zero attached hydrogens (tertiary/aromatic N) is 1. The highest BCUT2D eigenvalue weighted by atomic mass is 32.2. The molecule has 5 nitrogen and oxygen atoms in total. The Hall–Kier alpha value is -2.25. The van der Waals surface area contributed by atoms with Crippen molar-refractivity contribution in [3.63, 3.8) is 0 Å². The minimum absolute atomic E-state index is 0.0812. The van der Waals surface area contributed by atoms with Crippen LogP contribution >= 0.6 is 11.8 Å². The Kier molecular flexibility index (Phi) is 5.56. The monoisotopic (exact) mass is 455 g/mol. The number of thioether (sulfide) groups is 1. The SMILES string of the molecule is O=C(c1oc2ccccc2c1CSC1CCCCC1)N1CCS(=O)(=O)c2ccccc21. The van der Waals surface area contributed by atoms with Crippen molar-refractivity contribution in [3.8, 4) is 0 Å². The highest BCUT2D eigenvalue weighted by Gasteiger charge is 2.34. The number of hydrogen-bond acceptors (Lipinski definition) is 5. The molecular formula is C24H25NO4S2. The average Bonchev–Trinajstić information content (AvgIpc) is 3.17. The standard InChI is InChI=1S/C24H25NO4S2/c26-24(25-14-15-31(27,28)22-13-7-5-11-20(22)25)23-19(16-30-17-8-2-1-3-9-17)18-10-4-6-12-21(18)29-23/h4-7,10-13,17H,1-3,8-9,14-16H2. The molecule has 0 N–H and O–H groups in total. The molecule has 3 aromatic rings. The predicted octanol–water partition coefficient (Wildman–Crippen LogP) is 5.43. The number of furan rings is 1. The lowest BCUT2D eigenvalue weighted by Crippen LogP contribution is -2.40. The molecule has 5 rings (SSSR count). The van der Waals surface area contributed by atoms with Gasteiger partial charge >= 0.3 is 0 Å². The van der Waals surface area contributed by atoms with Crippen LogP contribution in [0.15, 0.2) is 57.8 Å². The summed E-state index contributed by atoms with van der Waals surface area (Å²) >= 11 is 1.91. The van der Waals surface area contributed by atoms with E-state index < -0.39 is 9.84 Å². The molecule has 1 fully saturated rings. The van der Waals surface area contributed by atoms with E-state index in [0.29, 0.717) is 22.3 Å². The number of benzene rings is 2. The molecule has 2 aromatic carbocycles. The number of sulfone groups is 1. The van der Waals surface area contributed by atoms with E-state index in [4.69, 9.17) is 4.42 Å². The van der Waals surface area contributed by atoms with Crippen molar-refractivity contribution in [2.45, 2.75) is 48.0 Å². The summed E-state index contributed by atoms with van der Waals surface area (Å²) in [5, 5.41) is 1.58. The third kappa shape index (κ3) is 3.89. The number of amides is 1. The van der Waals surface area contributed by atoms with Crippen LogP contribution in [0.1, 0.15) is 48.2 Å². The van der Waals surface area contributed by atoms with E-state index >= 15 is 0 Å². The van der Waals surface area contributed by atoms with Crippen LogP contribution in [0.25, 0.3) is 11.0 Å². The lowest BCUT2D eigenvalue weighted by atomic mass is 10.0. The minimum atomic E-state index is -3.38. The summed E-state index contributed by atoms with van der Waals surface area (Å²) in [6.07, 6.45) is 6.30. The van der Waals surface area contributed by atoms with Gasteiger partial charge in [-0.05, 0) is 31.0 Å². The lowest BCUT2D eigenvalue weighted by molar-refractivity contribution is 0.0962. The quantitative estimate of drug-likeness (QED) is 0.525. The van der Waals surface area contributed by atoms with Crippen LogP contribution in [0.5, 0.6) is 0 Å². The van der Waals surface area contributed by atoms with Gasteiger partial charge < -0.3 is 9.32 Å². The van der Waals surface area contributed by atoms with E-state index in [-0.39, 0.29) is 23.1 Å². The van der Waals surface area contributed by atoms with Gasteiger partial charge in [0.2, 0.25) is 0 Å². The van der Waals surface area contributed by atoms with Gasteiger partial charge in [-0.3, -0.25) is 4.79 Å². The van der Waals surface area contributed by atoms with E-state index in [1.165, 1.54) is 32.1 Å². The third-order valence-corrected chi connectivity index (χ3v) is 9.36. The van der Waals surface area contributed by atoms with Gasteiger partial charge in [-0.15, -0.1) is 0 Å². The van der Waals surface area contributed by atoms with E-state index in [2.05, 4.69) is 0 Å². The summed E-state index contributed by atoms with van der Waals surface area (Å²) in [7, 11) is -3.38. The zero-order chi connectivity index (χ0) is 21.4. The van der Waals surface area contributed by atoms with E-state index in [9.17, 15) is 13.2 Å². The fourth-order valence-electron chi connectivity index (χ4n) is 4.57. The number of carbonyl (C=O) groups excluding carboxylic acids is 1. The van der Waals surface area contributed by atoms with Gasteiger partial charge in [-0.2, -0.15) is 11.8 Å². The molecule has 1 saturated carbocycles. The summed E-state index contributed by atoms with van der Waals surface area (Å²) in [4.78, 5) is 15.4. The summed E-state index contributed by atoms with van der Waals surface area (Å²) < 4.78 is 31.1. The fourth-order valence-corrected chi connectivity index (χ4v) is 7.35. The Balaban J connectivity index is 1.51. The van der Waals surface area contributed by atoms with Crippen LogP contribution in [-0.4, -0.2) is 31.9 Å². The number of carbonyl (C=O) groups is 1. The smallest absolute Gasteiger partial charge is 0.294 e. The number of para-hydroxylation sites is 2. The molecule has 7 heteroatoms. The first-order valence-corrected chi connectivity index (χ1v) is 13.5. The second-order valence-corrected chi connectivity index (χ2v) is 11.6. The molecule has 1 aromatic heterocycles. The Morgan fingerprint density at radius 1 is 1.03 bits per heavy atom. The molecule has 31 heavy (non-hydrogen) atoms. The first-order chi connectivity index (χ1) is 15.0. The molecule has 1 aliphatic carbocycles. The van der Waals surface area contributed by atoms with Gasteiger partial charge in [0.1, 0.15) is 5.58 Å². The van der Waals surface area contributed by atoms with Gasteiger partial charge in [-0.25, -0.2) is 8.42 Å². The molecule has 0 atom stereocenters. The first kappa shape index (κ1) is 20.6. The second-order valence-electron chi connectivity index (χ2n) is 8.22. The summed E-state index contributed by atoms with van der Waals surface area (Å²) in [6, 6.07) is 14.5. The van der Waals surface area contributed by atoms with E-state index in [0.717, 1.165) is 16.7 Å². The summed E-state index contributed by atoms with van der Waals surface area (Å²) in [5.74, 6) is 0.704. The zero-order valence-electron chi connectivity index (χ0n) is 17.2. The molecule has 0 unspecified atom stereocenters. The second kappa shape index (κ2) is 8.36. The van der Waals surface area contributed by atoms with Gasteiger partial charge in [0.15, 0.2) is 15.6 Å². The van der Waals surface area contributed by atoms with Crippen molar-refractivity contribution in [1.82, 2.24) is 0 Å². The number of hydrogen-bond donors (Lipinski definition) is 0. The van der Waals surface area contributed by atoms with Crippen molar-refractivity contribution in [2.75, 3.05) is 17.2 Å². The molecule has 0 saturated heterocycles. The van der Waals surface area contributed by atoms with Crippen molar-refractivity contribution in [1.29, 1.82) is 0 Å². The number of fused-ring (bicyclic) bond motifs is 2. The topological polar surface area (TPSA) is 67.6 Å². The maximum Gasteiger partial charge on any atom is 0.294 e. The minimum Gasteiger partial charge on any atom is -0.451 e. The first-order valence-electron chi connectivity index (χ1n) is 10.8. The van der Waals surface area contributed by atoms with Crippen molar-refractivity contribution in [3.05, 3.63) is 59.9 Å². The molecule has 1 aliphatic heterocycles. The maximum atomic E-state index is 13.6. The summed E-state index contributed by atoms with van der Waals surface area (Å²) in [6.45, 7) is 0.129. The Labute approximate surface area is 186 Å². The van der Waals surface area contributed by atoms with Crippen molar-refractivity contribution in [2.24, 2.45) is 0 Å². The van der Waals surface area contributed by atoms with Gasteiger partial charge in [-0.1, -0.05) is 49.6 Å². The molecule has 0 radical (unpaired) electrons. The summed E-state index contributed by atoms with van der Waals surface area (Å²) in [5.41, 5.74) is 2.05. The molecule has 1 amide bonds. The van der Waals surface area contributed by atoms with Crippen molar-refractivity contribution < 1.29 is 17.6 Å². The van der Waals surface area contributed by atoms with Crippen LogP contribution in [0, 0.1) is 0 Å². The number of anilines is 1. The van der Waals surface area contributed by atoms with Crippen LogP contribution in [-0.2, 0) is 15.6 Å². The fraction of sp³-hybridized carbons (Fsp3) is 0.375. The predicted molar refractivity (Wildman–Crippen MR) is 125 cm³/mol. The van der Waals surface area contributed by atoms with Crippen molar-refractivity contribution >= 4 is 44.2 Å². The van der Waals surface area contributed by atoms with Crippen LogP contribution < -0.4 is 4.90 Å². The molecule has 2 heterocycles. The van der Waals surface area contributed by atoms with Gasteiger partial charge in [0.05, 0.1) is 16.3 Å². The zero-order valence-corrected chi connectivity index (χ0v) is 18.9. The van der Waals surface area contributed by atoms with Crippen LogP contribution in [0.2, 0.25) is 0 Å². The molecular weight excluding hydrogens is 430 g/mol. The third-order valence-electron chi connectivity index (χ3n) is 6.23. The number of rotatable bonds is 4. The maximum absolute atomic E-state index is 13.6. The Morgan fingerprint density at radius 2 is 1.77 bits per heavy atom. The Morgan fingerprint density at radius 3 is 2.61 bits per heavy atom. The molecule has 2 aliphatic rings. The molecule has 0 bridgehead atoms. The van der Waals surface area contributed by atoms with Gasteiger partial charge in [0, 0.05) is 28.5 Å².